The van der Waals surface area contributed by atoms with Gasteiger partial charge in [0, 0.05) is 45.2 Å². The van der Waals surface area contributed by atoms with E-state index in [9.17, 15) is 28.4 Å². The number of halogens is 3. The van der Waals surface area contributed by atoms with Crippen molar-refractivity contribution in [3.05, 3.63) is 58.9 Å². The highest BCUT2D eigenvalue weighted by molar-refractivity contribution is 6.26. The molecule has 7 rings (SSSR count). The second-order valence-electron chi connectivity index (χ2n) is 11.6. The van der Waals surface area contributed by atoms with Crippen molar-refractivity contribution in [3.8, 4) is 0 Å². The molecule has 0 saturated carbocycles. The largest absolute Gasteiger partial charge is 0.354 e. The van der Waals surface area contributed by atoms with Crippen LogP contribution in [0.4, 0.5) is 19.0 Å². The highest BCUT2D eigenvalue weighted by Gasteiger charge is 2.51. The lowest BCUT2D eigenvalue weighted by Crippen LogP contribution is -2.62. The van der Waals surface area contributed by atoms with Gasteiger partial charge in [0.25, 0.3) is 23.6 Å². The SMILES string of the molecule is O=C1CCC(N2C(=O)c3cccc(C(=O)N4CCC(N5CCN(c6noc7cc(F)ccc67)CC5)C(F)(F)C4)c3C2=O)C(=O)N1. The summed E-state index contributed by atoms with van der Waals surface area (Å²) in [5, 5.41) is 6.80. The number of piperidine rings is 2. The predicted molar refractivity (Wildman–Crippen MR) is 150 cm³/mol. The molecule has 2 unspecified atom stereocenters. The second kappa shape index (κ2) is 10.7. The Balaban J connectivity index is 1.04. The third-order valence-corrected chi connectivity index (χ3v) is 9.02. The smallest absolute Gasteiger partial charge is 0.280 e. The van der Waals surface area contributed by atoms with Crippen LogP contribution in [-0.4, -0.2) is 107 Å². The van der Waals surface area contributed by atoms with Gasteiger partial charge in [-0.15, -0.1) is 0 Å². The van der Waals surface area contributed by atoms with E-state index in [2.05, 4.69) is 10.5 Å². The number of hydrogen-bond donors (Lipinski definition) is 1. The van der Waals surface area contributed by atoms with Gasteiger partial charge in [0.15, 0.2) is 11.4 Å². The number of piperazine rings is 1. The van der Waals surface area contributed by atoms with Crippen molar-refractivity contribution in [2.75, 3.05) is 44.2 Å². The van der Waals surface area contributed by atoms with Crippen molar-refractivity contribution in [2.24, 2.45) is 0 Å². The fraction of sp³-hybridized carbons (Fsp3) is 0.400. The molecule has 45 heavy (non-hydrogen) atoms. The van der Waals surface area contributed by atoms with Crippen molar-refractivity contribution < 1.29 is 41.7 Å². The Labute approximate surface area is 253 Å². The molecule has 15 heteroatoms. The minimum Gasteiger partial charge on any atom is -0.354 e. The number of aromatic nitrogens is 1. The first-order valence-corrected chi connectivity index (χ1v) is 14.6. The van der Waals surface area contributed by atoms with Crippen molar-refractivity contribution >= 4 is 46.3 Å². The fourth-order valence-electron chi connectivity index (χ4n) is 6.79. The minimum absolute atomic E-state index is 0.00144. The summed E-state index contributed by atoms with van der Waals surface area (Å²) >= 11 is 0. The normalized spacial score (nSPS) is 23.9. The van der Waals surface area contributed by atoms with E-state index in [1.807, 2.05) is 4.90 Å². The Hall–Kier alpha value is -4.79. The Morgan fingerprint density at radius 1 is 0.978 bits per heavy atom. The Morgan fingerprint density at radius 2 is 1.76 bits per heavy atom. The van der Waals surface area contributed by atoms with E-state index in [-0.39, 0.29) is 42.5 Å². The van der Waals surface area contributed by atoms with Crippen LogP contribution in [-0.2, 0) is 9.59 Å². The molecule has 2 atom stereocenters. The van der Waals surface area contributed by atoms with Gasteiger partial charge in [-0.25, -0.2) is 13.2 Å². The zero-order valence-corrected chi connectivity index (χ0v) is 23.8. The molecule has 3 saturated heterocycles. The minimum atomic E-state index is -3.27. The van der Waals surface area contributed by atoms with Gasteiger partial charge in [-0.2, -0.15) is 0 Å². The summed E-state index contributed by atoms with van der Waals surface area (Å²) in [5.41, 5.74) is -0.222. The molecule has 1 aromatic heterocycles. The van der Waals surface area contributed by atoms with Crippen molar-refractivity contribution in [1.29, 1.82) is 0 Å². The first kappa shape index (κ1) is 29.0. The van der Waals surface area contributed by atoms with Gasteiger partial charge in [0.1, 0.15) is 11.9 Å². The zero-order valence-electron chi connectivity index (χ0n) is 23.8. The highest BCUT2D eigenvalue weighted by atomic mass is 19.3. The number of nitrogens with zero attached hydrogens (tertiary/aromatic N) is 5. The van der Waals surface area contributed by atoms with Crippen LogP contribution in [0.5, 0.6) is 0 Å². The summed E-state index contributed by atoms with van der Waals surface area (Å²) in [7, 11) is 0. The van der Waals surface area contributed by atoms with Crippen LogP contribution in [0.2, 0.25) is 0 Å². The summed E-state index contributed by atoms with van der Waals surface area (Å²) in [6.45, 7) is 0.528. The maximum absolute atomic E-state index is 15.7. The molecular weight excluding hydrogens is 597 g/mol. The van der Waals surface area contributed by atoms with Crippen LogP contribution in [0.3, 0.4) is 0 Å². The van der Waals surface area contributed by atoms with Gasteiger partial charge in [0.05, 0.1) is 34.7 Å². The Kier molecular flexibility index (Phi) is 6.87. The highest BCUT2D eigenvalue weighted by Crippen LogP contribution is 2.36. The monoisotopic (exact) mass is 624 g/mol. The van der Waals surface area contributed by atoms with Crippen molar-refractivity contribution in [2.45, 2.75) is 37.3 Å². The summed E-state index contributed by atoms with van der Waals surface area (Å²) in [5.74, 6) is -6.98. The van der Waals surface area contributed by atoms with E-state index in [4.69, 9.17) is 4.52 Å². The average Bonchev–Trinajstić information content (AvgIpc) is 3.54. The van der Waals surface area contributed by atoms with Gasteiger partial charge < -0.3 is 14.3 Å². The van der Waals surface area contributed by atoms with E-state index >= 15 is 8.78 Å². The Bertz CT molecular complexity index is 1770. The zero-order chi connectivity index (χ0) is 31.6. The van der Waals surface area contributed by atoms with Crippen LogP contribution in [0, 0.1) is 5.82 Å². The number of anilines is 1. The van der Waals surface area contributed by atoms with E-state index in [1.165, 1.54) is 30.3 Å². The molecule has 0 spiro atoms. The lowest BCUT2D eigenvalue weighted by molar-refractivity contribution is -0.136. The summed E-state index contributed by atoms with van der Waals surface area (Å²) < 4.78 is 50.1. The third-order valence-electron chi connectivity index (χ3n) is 9.02. The van der Waals surface area contributed by atoms with Gasteiger partial charge in [-0.1, -0.05) is 11.2 Å². The molecule has 234 valence electrons. The number of alkyl halides is 2. The molecule has 5 amide bonds. The van der Waals surface area contributed by atoms with Gasteiger partial charge in [-0.05, 0) is 37.1 Å². The summed E-state index contributed by atoms with van der Waals surface area (Å²) in [4.78, 5) is 69.5. The number of benzene rings is 2. The number of likely N-dealkylation sites (tertiary alicyclic amines) is 1. The van der Waals surface area contributed by atoms with Crippen LogP contribution in [0.15, 0.2) is 40.9 Å². The van der Waals surface area contributed by atoms with Crippen LogP contribution in [0.1, 0.15) is 50.3 Å². The first-order chi connectivity index (χ1) is 21.5. The molecule has 3 fully saturated rings. The van der Waals surface area contributed by atoms with Crippen LogP contribution < -0.4 is 10.2 Å². The molecule has 12 nitrogen and oxygen atoms in total. The lowest BCUT2D eigenvalue weighted by Gasteiger charge is -2.46. The molecule has 2 aromatic carbocycles. The molecular formula is C30H27F3N6O6. The lowest BCUT2D eigenvalue weighted by atomic mass is 9.96. The number of hydrogen-bond acceptors (Lipinski definition) is 9. The maximum atomic E-state index is 15.7. The molecule has 0 aliphatic carbocycles. The van der Waals surface area contributed by atoms with Crippen molar-refractivity contribution in [1.82, 2.24) is 25.2 Å². The fourth-order valence-corrected chi connectivity index (χ4v) is 6.79. The molecule has 4 aliphatic rings. The Morgan fingerprint density at radius 3 is 2.49 bits per heavy atom. The predicted octanol–water partition coefficient (Wildman–Crippen LogP) is 2.04. The van der Waals surface area contributed by atoms with Gasteiger partial charge >= 0.3 is 0 Å². The van der Waals surface area contributed by atoms with Gasteiger partial charge in [0.2, 0.25) is 11.8 Å². The topological polar surface area (TPSA) is 136 Å². The first-order valence-electron chi connectivity index (χ1n) is 14.6. The average molecular weight is 625 g/mol. The molecule has 0 bridgehead atoms. The molecule has 5 heterocycles. The number of amides is 5. The van der Waals surface area contributed by atoms with E-state index in [1.54, 1.807) is 11.0 Å². The molecule has 3 aromatic rings. The molecule has 4 aliphatic heterocycles. The van der Waals surface area contributed by atoms with Crippen molar-refractivity contribution in [3.63, 3.8) is 0 Å². The van der Waals surface area contributed by atoms with Crippen LogP contribution in [0.25, 0.3) is 11.0 Å². The third kappa shape index (κ3) is 4.81. The maximum Gasteiger partial charge on any atom is 0.280 e. The number of carbonyl (C=O) groups is 5. The van der Waals surface area contributed by atoms with Gasteiger partial charge in [-0.3, -0.25) is 39.1 Å². The van der Waals surface area contributed by atoms with E-state index in [0.29, 0.717) is 43.0 Å². The quantitative estimate of drug-likeness (QED) is 0.433. The number of nitrogens with one attached hydrogen (secondary N) is 1. The number of rotatable bonds is 4. The standard InChI is InChI=1S/C30H27F3N6O6/c31-16-4-5-17-21(14-16)45-35-25(17)37-12-10-36(11-13-37)22-8-9-38(15-30(22,32)33)27(42)18-2-1-3-19-24(18)29(44)39(28(19)43)20-6-7-23(40)34-26(20)41/h1-5,14,20,22H,6-13,15H2,(H,34,40,41). The number of fused-ring (bicyclic) bond motifs is 2. The second-order valence-corrected chi connectivity index (χ2v) is 11.6. The van der Waals surface area contributed by atoms with Crippen LogP contribution >= 0.6 is 0 Å². The van der Waals surface area contributed by atoms with E-state index < -0.39 is 59.9 Å². The summed E-state index contributed by atoms with van der Waals surface area (Å²) in [6.07, 6.45) is -0.134. The molecule has 0 radical (unpaired) electrons. The number of carbonyl (C=O) groups excluding carboxylic acids is 5. The van der Waals surface area contributed by atoms with E-state index in [0.717, 1.165) is 9.80 Å². The molecule has 1 N–H and O–H groups in total. The summed E-state index contributed by atoms with van der Waals surface area (Å²) in [6, 6.07) is 5.82. The number of imide groups is 2.